The summed E-state index contributed by atoms with van der Waals surface area (Å²) in [5.74, 6) is -1.15. The first-order chi connectivity index (χ1) is 10.7. The van der Waals surface area contributed by atoms with Gasteiger partial charge in [-0.2, -0.15) is 13.2 Å². The lowest BCUT2D eigenvalue weighted by Gasteiger charge is -2.21. The molecule has 1 aliphatic rings. The number of anilines is 1. The molecule has 1 N–H and O–H groups in total. The Labute approximate surface area is 128 Å². The molecular formula is C14H14F5NO3. The van der Waals surface area contributed by atoms with Crippen LogP contribution >= 0.6 is 0 Å². The van der Waals surface area contributed by atoms with Crippen molar-refractivity contribution in [1.29, 1.82) is 0 Å². The highest BCUT2D eigenvalue weighted by atomic mass is 19.4. The van der Waals surface area contributed by atoms with Crippen molar-refractivity contribution in [3.05, 3.63) is 29.3 Å². The second kappa shape index (κ2) is 6.69. The summed E-state index contributed by atoms with van der Waals surface area (Å²) < 4.78 is 69.2. The van der Waals surface area contributed by atoms with Crippen LogP contribution in [0, 0.1) is 0 Å². The maximum absolute atomic E-state index is 12.8. The monoisotopic (exact) mass is 339 g/mol. The molecule has 1 unspecified atom stereocenters. The molecule has 1 aromatic rings. The Morgan fingerprint density at radius 2 is 2.04 bits per heavy atom. The minimum absolute atomic E-state index is 0.0246. The maximum Gasteiger partial charge on any atom is 0.416 e. The van der Waals surface area contributed by atoms with Crippen LogP contribution in [-0.2, 0) is 15.7 Å². The van der Waals surface area contributed by atoms with Crippen LogP contribution < -0.4 is 4.90 Å². The number of carboxylic acid groups (broad SMARTS) is 1. The zero-order valence-electron chi connectivity index (χ0n) is 11.8. The van der Waals surface area contributed by atoms with E-state index < -0.39 is 42.4 Å². The first-order valence-corrected chi connectivity index (χ1v) is 6.75. The number of hydrogen-bond acceptors (Lipinski definition) is 3. The predicted molar refractivity (Wildman–Crippen MR) is 70.6 cm³/mol. The van der Waals surface area contributed by atoms with Gasteiger partial charge in [0.25, 0.3) is 6.43 Å². The highest BCUT2D eigenvalue weighted by molar-refractivity contribution is 5.68. The van der Waals surface area contributed by atoms with E-state index >= 15 is 0 Å². The Balaban J connectivity index is 2.19. The SMILES string of the molecule is O=C(O)COC1CCN(c2cc(C(F)F)cc(C(F)(F)F)c2)C1. The molecule has 1 aromatic carbocycles. The van der Waals surface area contributed by atoms with Crippen LogP contribution in [-0.4, -0.2) is 36.9 Å². The summed E-state index contributed by atoms with van der Waals surface area (Å²) in [6.45, 7) is -0.0606. The van der Waals surface area contributed by atoms with Crippen LogP contribution in [0.5, 0.6) is 0 Å². The average Bonchev–Trinajstić information content (AvgIpc) is 2.92. The van der Waals surface area contributed by atoms with Crippen molar-refractivity contribution in [2.75, 3.05) is 24.6 Å². The molecule has 1 atom stereocenters. The Bertz CT molecular complexity index is 576. The van der Waals surface area contributed by atoms with Gasteiger partial charge in [0.05, 0.1) is 11.7 Å². The van der Waals surface area contributed by atoms with E-state index in [1.54, 1.807) is 0 Å². The van der Waals surface area contributed by atoms with Crippen LogP contribution in [0.15, 0.2) is 18.2 Å². The molecule has 128 valence electrons. The van der Waals surface area contributed by atoms with Crippen LogP contribution in [0.4, 0.5) is 27.6 Å². The quantitative estimate of drug-likeness (QED) is 0.836. The van der Waals surface area contributed by atoms with Gasteiger partial charge < -0.3 is 14.7 Å². The number of aliphatic carboxylic acids is 1. The fourth-order valence-electron chi connectivity index (χ4n) is 2.39. The van der Waals surface area contributed by atoms with Crippen molar-refractivity contribution >= 4 is 11.7 Å². The molecule has 1 saturated heterocycles. The highest BCUT2D eigenvalue weighted by Gasteiger charge is 2.33. The summed E-state index contributed by atoms with van der Waals surface area (Å²) in [5.41, 5.74) is -1.82. The summed E-state index contributed by atoms with van der Waals surface area (Å²) in [5, 5.41) is 8.53. The fraction of sp³-hybridized carbons (Fsp3) is 0.500. The molecule has 23 heavy (non-hydrogen) atoms. The number of halogens is 5. The minimum atomic E-state index is -4.72. The van der Waals surface area contributed by atoms with E-state index in [0.717, 1.165) is 12.1 Å². The molecule has 2 rings (SSSR count). The zero-order valence-corrected chi connectivity index (χ0v) is 11.8. The number of nitrogens with zero attached hydrogens (tertiary/aromatic N) is 1. The van der Waals surface area contributed by atoms with Crippen molar-refractivity contribution in [2.24, 2.45) is 0 Å². The van der Waals surface area contributed by atoms with Gasteiger partial charge in [0.2, 0.25) is 0 Å². The number of alkyl halides is 5. The molecule has 0 amide bonds. The van der Waals surface area contributed by atoms with E-state index in [1.165, 1.54) is 4.90 Å². The minimum Gasteiger partial charge on any atom is -0.480 e. The molecule has 4 nitrogen and oxygen atoms in total. The summed E-state index contributed by atoms with van der Waals surface area (Å²) in [7, 11) is 0. The Hall–Kier alpha value is -1.90. The summed E-state index contributed by atoms with van der Waals surface area (Å²) in [6.07, 6.45) is -7.79. The number of rotatable bonds is 5. The van der Waals surface area contributed by atoms with Gasteiger partial charge in [-0.25, -0.2) is 13.6 Å². The van der Waals surface area contributed by atoms with E-state index in [2.05, 4.69) is 0 Å². The standard InChI is InChI=1S/C14H14F5NO3/c15-13(16)8-3-9(14(17,18)19)5-10(4-8)20-2-1-11(6-20)23-7-12(21)22/h3-5,11,13H,1-2,6-7H2,(H,21,22). The van der Waals surface area contributed by atoms with Crippen LogP contribution in [0.25, 0.3) is 0 Å². The van der Waals surface area contributed by atoms with Gasteiger partial charge in [0, 0.05) is 24.3 Å². The predicted octanol–water partition coefficient (Wildman–Crippen LogP) is 3.32. The van der Waals surface area contributed by atoms with Gasteiger partial charge in [-0.1, -0.05) is 0 Å². The second-order valence-electron chi connectivity index (χ2n) is 5.17. The normalized spacial score (nSPS) is 18.7. The summed E-state index contributed by atoms with van der Waals surface area (Å²) in [6, 6.07) is 2.26. The average molecular weight is 339 g/mol. The van der Waals surface area contributed by atoms with Crippen molar-refractivity contribution in [2.45, 2.75) is 25.1 Å². The van der Waals surface area contributed by atoms with Gasteiger partial charge in [-0.15, -0.1) is 0 Å². The zero-order chi connectivity index (χ0) is 17.2. The lowest BCUT2D eigenvalue weighted by molar-refractivity contribution is -0.144. The van der Waals surface area contributed by atoms with Crippen molar-refractivity contribution < 1.29 is 36.6 Å². The topological polar surface area (TPSA) is 49.8 Å². The molecule has 1 fully saturated rings. The van der Waals surface area contributed by atoms with Crippen molar-refractivity contribution in [1.82, 2.24) is 0 Å². The summed E-state index contributed by atoms with van der Waals surface area (Å²) >= 11 is 0. The number of hydrogen-bond donors (Lipinski definition) is 1. The largest absolute Gasteiger partial charge is 0.480 e. The first-order valence-electron chi connectivity index (χ1n) is 6.75. The highest BCUT2D eigenvalue weighted by Crippen LogP contribution is 2.36. The molecule has 0 radical (unpaired) electrons. The van der Waals surface area contributed by atoms with Crippen molar-refractivity contribution in [3.63, 3.8) is 0 Å². The number of ether oxygens (including phenoxy) is 1. The molecule has 0 saturated carbocycles. The second-order valence-corrected chi connectivity index (χ2v) is 5.17. The van der Waals surface area contributed by atoms with Gasteiger partial charge in [-0.05, 0) is 24.6 Å². The maximum atomic E-state index is 12.8. The molecule has 0 spiro atoms. The van der Waals surface area contributed by atoms with Crippen LogP contribution in [0.2, 0.25) is 0 Å². The van der Waals surface area contributed by atoms with Gasteiger partial charge >= 0.3 is 12.1 Å². The first kappa shape index (κ1) is 17.5. The van der Waals surface area contributed by atoms with Gasteiger partial charge in [0.1, 0.15) is 6.61 Å². The van der Waals surface area contributed by atoms with E-state index in [0.29, 0.717) is 19.0 Å². The lowest BCUT2D eigenvalue weighted by atomic mass is 10.1. The molecule has 1 aliphatic heterocycles. The smallest absolute Gasteiger partial charge is 0.416 e. The van der Waals surface area contributed by atoms with E-state index in [4.69, 9.17) is 9.84 Å². The van der Waals surface area contributed by atoms with Crippen molar-refractivity contribution in [3.8, 4) is 0 Å². The molecule has 1 heterocycles. The third kappa shape index (κ3) is 4.54. The van der Waals surface area contributed by atoms with Gasteiger partial charge in [0.15, 0.2) is 0 Å². The molecule has 0 aromatic heterocycles. The van der Waals surface area contributed by atoms with Crippen LogP contribution in [0.1, 0.15) is 24.0 Å². The molecule has 0 aliphatic carbocycles. The van der Waals surface area contributed by atoms with E-state index in [9.17, 15) is 26.7 Å². The van der Waals surface area contributed by atoms with Gasteiger partial charge in [-0.3, -0.25) is 0 Å². The molecule has 9 heteroatoms. The number of benzene rings is 1. The third-order valence-corrected chi connectivity index (χ3v) is 3.47. The number of carboxylic acids is 1. The molecular weight excluding hydrogens is 325 g/mol. The van der Waals surface area contributed by atoms with E-state index in [-0.39, 0.29) is 12.2 Å². The third-order valence-electron chi connectivity index (χ3n) is 3.47. The Morgan fingerprint density at radius 3 is 2.61 bits per heavy atom. The number of carbonyl (C=O) groups is 1. The van der Waals surface area contributed by atoms with E-state index in [1.807, 2.05) is 0 Å². The Kier molecular flexibility index (Phi) is 5.08. The molecule has 0 bridgehead atoms. The summed E-state index contributed by atoms with van der Waals surface area (Å²) in [4.78, 5) is 11.9. The fourth-order valence-corrected chi connectivity index (χ4v) is 2.39. The van der Waals surface area contributed by atoms with Crippen LogP contribution in [0.3, 0.4) is 0 Å². The Morgan fingerprint density at radius 1 is 1.35 bits per heavy atom. The lowest BCUT2D eigenvalue weighted by Crippen LogP contribution is -2.25.